The summed E-state index contributed by atoms with van der Waals surface area (Å²) in [5.41, 5.74) is 0.849. The van der Waals surface area contributed by atoms with Crippen LogP contribution in [0, 0.1) is 6.92 Å². The molecule has 0 radical (unpaired) electrons. The van der Waals surface area contributed by atoms with Gasteiger partial charge in [-0.2, -0.15) is 0 Å². The van der Waals surface area contributed by atoms with Crippen LogP contribution in [0.1, 0.15) is 11.3 Å². The summed E-state index contributed by atoms with van der Waals surface area (Å²) in [6.07, 6.45) is -0.256. The van der Waals surface area contributed by atoms with Gasteiger partial charge in [-0.1, -0.05) is 17.7 Å². The van der Waals surface area contributed by atoms with Crippen molar-refractivity contribution in [1.29, 1.82) is 0 Å². The van der Waals surface area contributed by atoms with Crippen molar-refractivity contribution >= 4 is 44.1 Å². The maximum atomic E-state index is 12.3. The number of benzene rings is 1. The summed E-state index contributed by atoms with van der Waals surface area (Å²) in [7, 11) is -3.82. The van der Waals surface area contributed by atoms with Crippen molar-refractivity contribution in [2.75, 3.05) is 4.72 Å². The molecule has 21 heavy (non-hydrogen) atoms. The Kier molecular flexibility index (Phi) is 4.50. The smallest absolute Gasteiger partial charge is 0.309 e. The first-order valence-electron chi connectivity index (χ1n) is 5.73. The van der Waals surface area contributed by atoms with Gasteiger partial charge in [0.2, 0.25) is 0 Å². The topological polar surface area (TPSA) is 96.4 Å². The molecule has 1 aromatic carbocycles. The van der Waals surface area contributed by atoms with Crippen LogP contribution in [0.2, 0.25) is 5.02 Å². The molecule has 0 spiro atoms. The number of aryl methyl sites for hydroxylation is 1. The van der Waals surface area contributed by atoms with E-state index in [0.717, 1.165) is 11.3 Å². The predicted molar refractivity (Wildman–Crippen MR) is 80.5 cm³/mol. The van der Waals surface area contributed by atoms with Crippen molar-refractivity contribution in [3.63, 3.8) is 0 Å². The number of rotatable bonds is 5. The highest BCUT2D eigenvalue weighted by Gasteiger charge is 2.19. The van der Waals surface area contributed by atoms with Crippen LogP contribution in [-0.2, 0) is 21.2 Å². The van der Waals surface area contributed by atoms with E-state index in [9.17, 15) is 13.2 Å². The molecular formula is C12H11ClN2O4S2. The molecule has 1 aromatic heterocycles. The molecule has 0 aliphatic rings. The van der Waals surface area contributed by atoms with E-state index < -0.39 is 16.0 Å². The quantitative estimate of drug-likeness (QED) is 0.867. The molecule has 0 unspecified atom stereocenters. The number of aromatic nitrogens is 1. The lowest BCUT2D eigenvalue weighted by atomic mass is 10.2. The van der Waals surface area contributed by atoms with E-state index >= 15 is 0 Å². The van der Waals surface area contributed by atoms with Gasteiger partial charge in [-0.25, -0.2) is 13.4 Å². The fourth-order valence-corrected chi connectivity index (χ4v) is 4.09. The number of anilines is 1. The van der Waals surface area contributed by atoms with Gasteiger partial charge in [0.1, 0.15) is 0 Å². The lowest BCUT2D eigenvalue weighted by Crippen LogP contribution is -2.14. The van der Waals surface area contributed by atoms with Crippen LogP contribution in [-0.4, -0.2) is 24.5 Å². The first kappa shape index (κ1) is 15.7. The average Bonchev–Trinajstić information content (AvgIpc) is 2.77. The molecule has 2 rings (SSSR count). The minimum absolute atomic E-state index is 0.0602. The lowest BCUT2D eigenvalue weighted by molar-refractivity contribution is -0.136. The molecule has 0 saturated carbocycles. The summed E-state index contributed by atoms with van der Waals surface area (Å²) in [5, 5.41) is 10.6. The van der Waals surface area contributed by atoms with E-state index in [1.807, 2.05) is 0 Å². The fraction of sp³-hybridized carbons (Fsp3) is 0.167. The third-order valence-corrected chi connectivity index (χ3v) is 5.20. The molecule has 0 aliphatic carbocycles. The largest absolute Gasteiger partial charge is 0.481 e. The predicted octanol–water partition coefficient (Wildman–Crippen LogP) is 2.53. The minimum Gasteiger partial charge on any atom is -0.481 e. The van der Waals surface area contributed by atoms with Crippen molar-refractivity contribution in [1.82, 2.24) is 4.98 Å². The molecule has 0 fully saturated rings. The van der Waals surface area contributed by atoms with Gasteiger partial charge < -0.3 is 5.11 Å². The Morgan fingerprint density at radius 3 is 2.86 bits per heavy atom. The zero-order valence-electron chi connectivity index (χ0n) is 10.8. The molecule has 1 heterocycles. The van der Waals surface area contributed by atoms with Crippen LogP contribution < -0.4 is 4.72 Å². The highest BCUT2D eigenvalue weighted by Crippen LogP contribution is 2.24. The standard InChI is InChI=1S/C12H11ClN2O4S2/c1-7-2-3-8(13)4-10(7)21(18,19)15-12-14-9(6-20-12)5-11(16)17/h2-4,6H,5H2,1H3,(H,14,15)(H,16,17). The molecule has 0 amide bonds. The zero-order chi connectivity index (χ0) is 15.6. The number of carboxylic acids is 1. The Labute approximate surface area is 130 Å². The molecule has 6 nitrogen and oxygen atoms in total. The van der Waals surface area contributed by atoms with Gasteiger partial charge >= 0.3 is 5.97 Å². The number of aliphatic carboxylic acids is 1. The Hall–Kier alpha value is -1.64. The Bertz CT molecular complexity index is 786. The van der Waals surface area contributed by atoms with Crippen molar-refractivity contribution in [3.8, 4) is 0 Å². The first-order chi connectivity index (χ1) is 9.78. The molecule has 9 heteroatoms. The third-order valence-electron chi connectivity index (χ3n) is 2.55. The minimum atomic E-state index is -3.82. The summed E-state index contributed by atoms with van der Waals surface area (Å²) >= 11 is 6.84. The van der Waals surface area contributed by atoms with Crippen LogP contribution in [0.4, 0.5) is 5.13 Å². The van der Waals surface area contributed by atoms with Gasteiger partial charge in [0.05, 0.1) is 17.0 Å². The second kappa shape index (κ2) is 6.00. The molecule has 2 aromatic rings. The summed E-state index contributed by atoms with van der Waals surface area (Å²) in [6.45, 7) is 1.66. The molecule has 0 aliphatic heterocycles. The van der Waals surface area contributed by atoms with Crippen LogP contribution in [0.3, 0.4) is 0 Å². The van der Waals surface area contributed by atoms with E-state index in [2.05, 4.69) is 9.71 Å². The monoisotopic (exact) mass is 346 g/mol. The van der Waals surface area contributed by atoms with Gasteiger partial charge in [0.25, 0.3) is 10.0 Å². The number of nitrogens with one attached hydrogen (secondary N) is 1. The summed E-state index contributed by atoms with van der Waals surface area (Å²) < 4.78 is 26.9. The number of hydrogen-bond donors (Lipinski definition) is 2. The number of carboxylic acid groups (broad SMARTS) is 1. The van der Waals surface area contributed by atoms with E-state index in [1.165, 1.54) is 11.4 Å². The van der Waals surface area contributed by atoms with Crippen molar-refractivity contribution in [2.45, 2.75) is 18.2 Å². The van der Waals surface area contributed by atoms with Crippen LogP contribution in [0.5, 0.6) is 0 Å². The first-order valence-corrected chi connectivity index (χ1v) is 8.47. The number of hydrogen-bond acceptors (Lipinski definition) is 5. The molecule has 0 bridgehead atoms. The molecular weight excluding hydrogens is 336 g/mol. The van der Waals surface area contributed by atoms with E-state index in [1.54, 1.807) is 19.1 Å². The van der Waals surface area contributed by atoms with Crippen molar-refractivity contribution in [3.05, 3.63) is 39.9 Å². The van der Waals surface area contributed by atoms with Crippen LogP contribution in [0.25, 0.3) is 0 Å². The van der Waals surface area contributed by atoms with E-state index in [4.69, 9.17) is 16.7 Å². The number of thiazole rings is 1. The molecule has 0 atom stereocenters. The molecule has 2 N–H and O–H groups in total. The van der Waals surface area contributed by atoms with Gasteiger partial charge in [-0.3, -0.25) is 9.52 Å². The number of halogens is 1. The molecule has 0 saturated heterocycles. The summed E-state index contributed by atoms with van der Waals surface area (Å²) in [4.78, 5) is 14.6. The number of carbonyl (C=O) groups is 1. The fourth-order valence-electron chi connectivity index (χ4n) is 1.62. The Balaban J connectivity index is 2.27. The maximum Gasteiger partial charge on any atom is 0.309 e. The highest BCUT2D eigenvalue weighted by atomic mass is 35.5. The van der Waals surface area contributed by atoms with E-state index in [0.29, 0.717) is 16.3 Å². The van der Waals surface area contributed by atoms with Gasteiger partial charge in [-0.15, -0.1) is 11.3 Å². The Morgan fingerprint density at radius 1 is 1.48 bits per heavy atom. The second-order valence-electron chi connectivity index (χ2n) is 4.23. The maximum absolute atomic E-state index is 12.3. The van der Waals surface area contributed by atoms with E-state index in [-0.39, 0.29) is 16.4 Å². The summed E-state index contributed by atoms with van der Waals surface area (Å²) in [5.74, 6) is -1.03. The van der Waals surface area contributed by atoms with Gasteiger partial charge in [-0.05, 0) is 24.6 Å². The lowest BCUT2D eigenvalue weighted by Gasteiger charge is -2.08. The normalized spacial score (nSPS) is 11.3. The Morgan fingerprint density at radius 2 is 2.19 bits per heavy atom. The SMILES string of the molecule is Cc1ccc(Cl)cc1S(=O)(=O)Nc1nc(CC(=O)O)cs1. The average molecular weight is 347 g/mol. The van der Waals surface area contributed by atoms with Crippen molar-refractivity contribution in [2.24, 2.45) is 0 Å². The second-order valence-corrected chi connectivity index (χ2v) is 7.18. The third kappa shape index (κ3) is 3.93. The van der Waals surface area contributed by atoms with Gasteiger partial charge in [0.15, 0.2) is 5.13 Å². The van der Waals surface area contributed by atoms with Gasteiger partial charge in [0, 0.05) is 10.4 Å². The number of sulfonamides is 1. The zero-order valence-corrected chi connectivity index (χ0v) is 13.2. The summed E-state index contributed by atoms with van der Waals surface area (Å²) in [6, 6.07) is 4.56. The number of nitrogens with zero attached hydrogens (tertiary/aromatic N) is 1. The molecule has 112 valence electrons. The van der Waals surface area contributed by atoms with Crippen molar-refractivity contribution < 1.29 is 18.3 Å². The van der Waals surface area contributed by atoms with Crippen LogP contribution in [0.15, 0.2) is 28.5 Å². The van der Waals surface area contributed by atoms with Crippen LogP contribution >= 0.6 is 22.9 Å². The highest BCUT2D eigenvalue weighted by molar-refractivity contribution is 7.93.